The molecule has 9 nitrogen and oxygen atoms in total. The molecule has 0 bridgehead atoms. The lowest BCUT2D eigenvalue weighted by Crippen LogP contribution is -2.39. The van der Waals surface area contributed by atoms with Gasteiger partial charge in [-0.05, 0) is 6.07 Å². The fourth-order valence-corrected chi connectivity index (χ4v) is 2.85. The number of nitro benzene ring substituents is 1. The van der Waals surface area contributed by atoms with E-state index in [1.54, 1.807) is 0 Å². The summed E-state index contributed by atoms with van der Waals surface area (Å²) in [6.45, 7) is -1.61. The van der Waals surface area contributed by atoms with E-state index in [-0.39, 0.29) is 23.5 Å². The van der Waals surface area contributed by atoms with Crippen LogP contribution in [0.4, 0.5) is 23.7 Å². The summed E-state index contributed by atoms with van der Waals surface area (Å²) in [5.41, 5.74) is 0.00528. The normalized spacial score (nSPS) is 19.6. The third-order valence-electron chi connectivity index (χ3n) is 4.25. The number of hydrogen-bond donors (Lipinski definition) is 2. The Bertz CT molecular complexity index is 755. The SMILES string of the molecule is COc1ccc([N+](=O)[O-])cc1CNC(=O)N1C[C@@H](C(F)(F)F)[C@H](C(=O)O)C1. The first-order valence-electron chi connectivity index (χ1n) is 7.68. The fraction of sp³-hybridized carbons (Fsp3) is 0.467. The van der Waals surface area contributed by atoms with Crippen LogP contribution in [0, 0.1) is 22.0 Å². The summed E-state index contributed by atoms with van der Waals surface area (Å²) in [5, 5.41) is 22.1. The average Bonchev–Trinajstić information content (AvgIpc) is 3.05. The van der Waals surface area contributed by atoms with Crippen LogP contribution >= 0.6 is 0 Å². The maximum atomic E-state index is 13.0. The lowest BCUT2D eigenvalue weighted by atomic mass is 9.96. The van der Waals surface area contributed by atoms with Crippen molar-refractivity contribution in [1.29, 1.82) is 0 Å². The minimum Gasteiger partial charge on any atom is -0.496 e. The molecule has 0 aromatic heterocycles. The zero-order valence-corrected chi connectivity index (χ0v) is 14.0. The standard InChI is InChI=1S/C15H16F3N3O6/c1-27-12-3-2-9(21(25)26)4-8(12)5-19-14(24)20-6-10(13(22)23)11(7-20)15(16,17)18/h2-4,10-11H,5-7H2,1H3,(H,19,24)(H,22,23)/t10-,11-/m1/s1. The topological polar surface area (TPSA) is 122 Å². The van der Waals surface area contributed by atoms with Gasteiger partial charge in [0.2, 0.25) is 0 Å². The number of carbonyl (C=O) groups is 2. The zero-order valence-electron chi connectivity index (χ0n) is 14.0. The van der Waals surface area contributed by atoms with Crippen molar-refractivity contribution in [3.05, 3.63) is 33.9 Å². The van der Waals surface area contributed by atoms with E-state index in [0.717, 1.165) is 4.90 Å². The van der Waals surface area contributed by atoms with Crippen molar-refractivity contribution in [1.82, 2.24) is 10.2 Å². The second-order valence-electron chi connectivity index (χ2n) is 5.91. The number of urea groups is 1. The first-order chi connectivity index (χ1) is 12.5. The Kier molecular flexibility index (Phi) is 5.76. The molecule has 2 rings (SSSR count). The average molecular weight is 391 g/mol. The molecule has 1 aliphatic heterocycles. The Hall–Kier alpha value is -3.05. The highest BCUT2D eigenvalue weighted by Gasteiger charge is 2.53. The number of benzene rings is 1. The largest absolute Gasteiger partial charge is 0.496 e. The van der Waals surface area contributed by atoms with Gasteiger partial charge in [0.25, 0.3) is 5.69 Å². The number of carboxylic acids is 1. The van der Waals surface area contributed by atoms with Gasteiger partial charge in [0.15, 0.2) is 0 Å². The van der Waals surface area contributed by atoms with E-state index in [0.29, 0.717) is 0 Å². The molecule has 2 atom stereocenters. The third-order valence-corrected chi connectivity index (χ3v) is 4.25. The number of ether oxygens (including phenoxy) is 1. The molecule has 2 amide bonds. The molecule has 1 aliphatic rings. The van der Waals surface area contributed by atoms with Crippen molar-refractivity contribution in [2.45, 2.75) is 12.7 Å². The Morgan fingerprint density at radius 2 is 2.07 bits per heavy atom. The van der Waals surface area contributed by atoms with Gasteiger partial charge in [-0.1, -0.05) is 0 Å². The number of amides is 2. The van der Waals surface area contributed by atoms with Crippen molar-refractivity contribution in [2.24, 2.45) is 11.8 Å². The van der Waals surface area contributed by atoms with E-state index >= 15 is 0 Å². The molecule has 0 spiro atoms. The van der Waals surface area contributed by atoms with E-state index in [2.05, 4.69) is 5.32 Å². The lowest BCUT2D eigenvalue weighted by Gasteiger charge is -2.19. The van der Waals surface area contributed by atoms with Crippen LogP contribution in [-0.2, 0) is 11.3 Å². The van der Waals surface area contributed by atoms with E-state index < -0.39 is 48.0 Å². The van der Waals surface area contributed by atoms with Gasteiger partial charge in [0.05, 0.1) is 23.9 Å². The molecule has 148 valence electrons. The molecular formula is C15H16F3N3O6. The Labute approximate surface area is 150 Å². The molecule has 1 saturated heterocycles. The zero-order chi connectivity index (χ0) is 20.4. The molecule has 1 fully saturated rings. The van der Waals surface area contributed by atoms with E-state index in [1.807, 2.05) is 0 Å². The summed E-state index contributed by atoms with van der Waals surface area (Å²) >= 11 is 0. The number of methoxy groups -OCH3 is 1. The summed E-state index contributed by atoms with van der Waals surface area (Å²) in [6, 6.07) is 2.80. The first-order valence-corrected chi connectivity index (χ1v) is 7.68. The number of aliphatic carboxylic acids is 1. The molecule has 0 unspecified atom stereocenters. The number of rotatable bonds is 5. The Morgan fingerprint density at radius 1 is 1.41 bits per heavy atom. The smallest absolute Gasteiger partial charge is 0.394 e. The van der Waals surface area contributed by atoms with Crippen molar-refractivity contribution < 1.29 is 37.5 Å². The first kappa shape index (κ1) is 20.3. The van der Waals surface area contributed by atoms with Gasteiger partial charge in [-0.25, -0.2) is 4.79 Å². The summed E-state index contributed by atoms with van der Waals surface area (Å²) in [7, 11) is 1.32. The minimum atomic E-state index is -4.75. The molecule has 1 heterocycles. The summed E-state index contributed by atoms with van der Waals surface area (Å²) < 4.78 is 44.0. The molecule has 0 aliphatic carbocycles. The summed E-state index contributed by atoms with van der Waals surface area (Å²) in [6.07, 6.45) is -4.75. The van der Waals surface area contributed by atoms with E-state index in [4.69, 9.17) is 9.84 Å². The highest BCUT2D eigenvalue weighted by Crippen LogP contribution is 2.37. The van der Waals surface area contributed by atoms with Crippen LogP contribution < -0.4 is 10.1 Å². The number of hydrogen-bond acceptors (Lipinski definition) is 5. The van der Waals surface area contributed by atoms with Crippen LogP contribution in [0.5, 0.6) is 5.75 Å². The predicted molar refractivity (Wildman–Crippen MR) is 84.1 cm³/mol. The predicted octanol–water partition coefficient (Wildman–Crippen LogP) is 2.01. The number of carbonyl (C=O) groups excluding carboxylic acids is 1. The number of nitro groups is 1. The number of non-ortho nitro benzene ring substituents is 1. The quantitative estimate of drug-likeness (QED) is 0.585. The van der Waals surface area contributed by atoms with Gasteiger partial charge < -0.3 is 20.1 Å². The van der Waals surface area contributed by atoms with Gasteiger partial charge in [-0.3, -0.25) is 14.9 Å². The van der Waals surface area contributed by atoms with Gasteiger partial charge in [0, 0.05) is 37.3 Å². The highest BCUT2D eigenvalue weighted by molar-refractivity contribution is 5.78. The van der Waals surface area contributed by atoms with Crippen LogP contribution in [-0.4, -0.2) is 53.3 Å². The van der Waals surface area contributed by atoms with Crippen molar-refractivity contribution in [3.63, 3.8) is 0 Å². The number of nitrogens with one attached hydrogen (secondary N) is 1. The number of nitrogens with zero attached hydrogens (tertiary/aromatic N) is 2. The Morgan fingerprint density at radius 3 is 2.56 bits per heavy atom. The number of halogens is 3. The maximum Gasteiger partial charge on any atom is 0.394 e. The number of carboxylic acid groups (broad SMARTS) is 1. The van der Waals surface area contributed by atoms with Crippen LogP contribution in [0.1, 0.15) is 5.56 Å². The molecule has 1 aromatic rings. The molecule has 0 saturated carbocycles. The van der Waals surface area contributed by atoms with E-state index in [1.165, 1.54) is 25.3 Å². The van der Waals surface area contributed by atoms with Crippen LogP contribution in [0.15, 0.2) is 18.2 Å². The molecule has 0 radical (unpaired) electrons. The third kappa shape index (κ3) is 4.57. The fourth-order valence-electron chi connectivity index (χ4n) is 2.85. The van der Waals surface area contributed by atoms with Crippen LogP contribution in [0.3, 0.4) is 0 Å². The highest BCUT2D eigenvalue weighted by atomic mass is 19.4. The van der Waals surface area contributed by atoms with Gasteiger partial charge in [-0.2, -0.15) is 13.2 Å². The summed E-state index contributed by atoms with van der Waals surface area (Å²) in [5.74, 6) is -5.29. The van der Waals surface area contributed by atoms with Crippen molar-refractivity contribution >= 4 is 17.7 Å². The van der Waals surface area contributed by atoms with Gasteiger partial charge in [0.1, 0.15) is 5.75 Å². The van der Waals surface area contributed by atoms with Crippen LogP contribution in [0.2, 0.25) is 0 Å². The molecular weight excluding hydrogens is 375 g/mol. The second-order valence-corrected chi connectivity index (χ2v) is 5.91. The maximum absolute atomic E-state index is 13.0. The lowest BCUT2D eigenvalue weighted by molar-refractivity contribution is -0.384. The number of alkyl halides is 3. The Balaban J connectivity index is 2.09. The molecule has 2 N–H and O–H groups in total. The monoisotopic (exact) mass is 391 g/mol. The molecule has 12 heteroatoms. The van der Waals surface area contributed by atoms with E-state index in [9.17, 15) is 32.9 Å². The number of likely N-dealkylation sites (tertiary alicyclic amines) is 1. The van der Waals surface area contributed by atoms with Crippen molar-refractivity contribution in [2.75, 3.05) is 20.2 Å². The molecule has 1 aromatic carbocycles. The second kappa shape index (κ2) is 7.68. The van der Waals surface area contributed by atoms with Crippen molar-refractivity contribution in [3.8, 4) is 5.75 Å². The minimum absolute atomic E-state index is 0.241. The van der Waals surface area contributed by atoms with Gasteiger partial charge in [-0.15, -0.1) is 0 Å². The molecule has 27 heavy (non-hydrogen) atoms. The van der Waals surface area contributed by atoms with Gasteiger partial charge >= 0.3 is 18.2 Å². The summed E-state index contributed by atoms with van der Waals surface area (Å²) in [4.78, 5) is 34.2. The van der Waals surface area contributed by atoms with Crippen LogP contribution in [0.25, 0.3) is 0 Å².